The van der Waals surface area contributed by atoms with E-state index in [0.29, 0.717) is 17.5 Å². The molecule has 0 amide bonds. The highest BCUT2D eigenvalue weighted by molar-refractivity contribution is 7.88. The second kappa shape index (κ2) is 9.65. The van der Waals surface area contributed by atoms with Crippen LogP contribution in [0.25, 0.3) is 0 Å². The molecular weight excluding hydrogens is 391 g/mol. The number of aliphatic hydroxyl groups is 1. The molecule has 5 nitrogen and oxygen atoms in total. The van der Waals surface area contributed by atoms with Crippen LogP contribution in [0.1, 0.15) is 56.6 Å². The van der Waals surface area contributed by atoms with Crippen molar-refractivity contribution in [2.45, 2.75) is 69.2 Å². The molecule has 27 heavy (non-hydrogen) atoms. The van der Waals surface area contributed by atoms with Gasteiger partial charge in [0.2, 0.25) is 10.0 Å². The number of hydrogen-bond acceptors (Lipinski definition) is 4. The third-order valence-electron chi connectivity index (χ3n) is 5.69. The molecule has 154 valence electrons. The van der Waals surface area contributed by atoms with E-state index in [0.717, 1.165) is 44.9 Å². The largest absolute Gasteiger partial charge is 0.387 e. The molecule has 0 bridgehead atoms. The van der Waals surface area contributed by atoms with E-state index in [1.54, 1.807) is 12.1 Å². The van der Waals surface area contributed by atoms with Crippen LogP contribution in [0.15, 0.2) is 24.3 Å². The smallest absolute Gasteiger partial charge is 0.208 e. The van der Waals surface area contributed by atoms with Crippen molar-refractivity contribution in [3.05, 3.63) is 35.6 Å². The van der Waals surface area contributed by atoms with Gasteiger partial charge in [-0.05, 0) is 68.6 Å². The summed E-state index contributed by atoms with van der Waals surface area (Å²) in [6.45, 7) is 0. The zero-order chi connectivity index (χ0) is 18.7. The molecule has 1 aliphatic carbocycles. The van der Waals surface area contributed by atoms with Crippen molar-refractivity contribution >= 4 is 22.4 Å². The first kappa shape index (κ1) is 22.6. The molecule has 3 rings (SSSR count). The molecule has 3 atom stereocenters. The first-order valence-electron chi connectivity index (χ1n) is 9.47. The van der Waals surface area contributed by atoms with Crippen LogP contribution in [0.5, 0.6) is 0 Å². The van der Waals surface area contributed by atoms with Crippen molar-refractivity contribution in [1.82, 2.24) is 10.0 Å². The van der Waals surface area contributed by atoms with Gasteiger partial charge < -0.3 is 10.4 Å². The highest BCUT2D eigenvalue weighted by atomic mass is 35.5. The van der Waals surface area contributed by atoms with Crippen LogP contribution < -0.4 is 10.0 Å². The van der Waals surface area contributed by atoms with Crippen molar-refractivity contribution in [3.8, 4) is 0 Å². The molecule has 1 saturated heterocycles. The molecule has 0 unspecified atom stereocenters. The molecule has 0 spiro atoms. The van der Waals surface area contributed by atoms with Crippen LogP contribution in [-0.4, -0.2) is 37.9 Å². The molecule has 1 aromatic carbocycles. The third-order valence-corrected chi connectivity index (χ3v) is 6.45. The summed E-state index contributed by atoms with van der Waals surface area (Å²) in [4.78, 5) is 0. The summed E-state index contributed by atoms with van der Waals surface area (Å²) >= 11 is 0. The molecular formula is C19H30ClFN2O3S. The summed E-state index contributed by atoms with van der Waals surface area (Å²) in [7, 11) is -3.13. The predicted octanol–water partition coefficient (Wildman–Crippen LogP) is 2.90. The van der Waals surface area contributed by atoms with Gasteiger partial charge in [0.25, 0.3) is 0 Å². The Labute approximate surface area is 167 Å². The first-order valence-corrected chi connectivity index (χ1v) is 11.4. The van der Waals surface area contributed by atoms with Gasteiger partial charge in [-0.25, -0.2) is 17.5 Å². The second-order valence-corrected chi connectivity index (χ2v) is 9.67. The van der Waals surface area contributed by atoms with Crippen LogP contribution in [0.2, 0.25) is 0 Å². The average Bonchev–Trinajstić information content (AvgIpc) is 3.03. The van der Waals surface area contributed by atoms with Crippen LogP contribution in [0.4, 0.5) is 4.39 Å². The number of aliphatic hydroxyl groups excluding tert-OH is 1. The molecule has 1 aliphatic heterocycles. The van der Waals surface area contributed by atoms with Crippen LogP contribution >= 0.6 is 12.4 Å². The standard InChI is InChI=1S/C19H29FN2O3S.ClH/c1-26(24,25)22-16-7-5-13(6-8-16)11-17-9-10-18(21-17)19(23)14-3-2-4-15(20)12-14;/h2-4,12-13,16-19,21-23H,5-11H2,1H3;1H/t13?,16?,17-,18+,19-;/m0./s1. The highest BCUT2D eigenvalue weighted by Gasteiger charge is 2.32. The Balaban J connectivity index is 0.00000261. The number of sulfonamides is 1. The van der Waals surface area contributed by atoms with Crippen LogP contribution in [0, 0.1) is 11.7 Å². The summed E-state index contributed by atoms with van der Waals surface area (Å²) in [5.41, 5.74) is 0.621. The molecule has 0 radical (unpaired) electrons. The van der Waals surface area contributed by atoms with E-state index in [-0.39, 0.29) is 30.3 Å². The van der Waals surface area contributed by atoms with Gasteiger partial charge >= 0.3 is 0 Å². The summed E-state index contributed by atoms with van der Waals surface area (Å²) in [5.74, 6) is 0.269. The second-order valence-electron chi connectivity index (χ2n) is 7.89. The van der Waals surface area contributed by atoms with Crippen molar-refractivity contribution in [1.29, 1.82) is 0 Å². The lowest BCUT2D eigenvalue weighted by atomic mass is 9.82. The van der Waals surface area contributed by atoms with Crippen LogP contribution in [0.3, 0.4) is 0 Å². The van der Waals surface area contributed by atoms with Gasteiger partial charge in [-0.2, -0.15) is 0 Å². The van der Waals surface area contributed by atoms with Gasteiger partial charge in [0.15, 0.2) is 0 Å². The van der Waals surface area contributed by atoms with Gasteiger partial charge in [-0.15, -0.1) is 12.4 Å². The quantitative estimate of drug-likeness (QED) is 0.661. The van der Waals surface area contributed by atoms with Crippen molar-refractivity contribution in [2.24, 2.45) is 5.92 Å². The third kappa shape index (κ3) is 6.68. The normalized spacial score (nSPS) is 29.9. The Hall–Kier alpha value is -0.730. The molecule has 8 heteroatoms. The molecule has 3 N–H and O–H groups in total. The number of hydrogen-bond donors (Lipinski definition) is 3. The lowest BCUT2D eigenvalue weighted by Crippen LogP contribution is -2.39. The number of nitrogens with one attached hydrogen (secondary N) is 2. The molecule has 1 saturated carbocycles. The van der Waals surface area contributed by atoms with Gasteiger partial charge in [-0.3, -0.25) is 0 Å². The zero-order valence-electron chi connectivity index (χ0n) is 15.6. The van der Waals surface area contributed by atoms with E-state index in [2.05, 4.69) is 10.0 Å². The number of halogens is 2. The van der Waals surface area contributed by atoms with Crippen LogP contribution in [-0.2, 0) is 10.0 Å². The lowest BCUT2D eigenvalue weighted by molar-refractivity contribution is 0.133. The minimum Gasteiger partial charge on any atom is -0.387 e. The Morgan fingerprint density at radius 1 is 1.22 bits per heavy atom. The summed E-state index contributed by atoms with van der Waals surface area (Å²) in [6.07, 6.45) is 7.31. The molecule has 1 aromatic rings. The fraction of sp³-hybridized carbons (Fsp3) is 0.684. The van der Waals surface area contributed by atoms with E-state index in [1.807, 2.05) is 0 Å². The van der Waals surface area contributed by atoms with E-state index in [9.17, 15) is 17.9 Å². The Morgan fingerprint density at radius 2 is 1.93 bits per heavy atom. The van der Waals surface area contributed by atoms with E-state index >= 15 is 0 Å². The van der Waals surface area contributed by atoms with E-state index in [4.69, 9.17) is 0 Å². The predicted molar refractivity (Wildman–Crippen MR) is 107 cm³/mol. The summed E-state index contributed by atoms with van der Waals surface area (Å²) < 4.78 is 38.7. The SMILES string of the molecule is CS(=O)(=O)NC1CCC(C[C@@H]2CC[C@H]([C@@H](O)c3cccc(F)c3)N2)CC1.Cl. The van der Waals surface area contributed by atoms with Crippen molar-refractivity contribution < 1.29 is 17.9 Å². The van der Waals surface area contributed by atoms with Gasteiger partial charge in [0.1, 0.15) is 5.82 Å². The van der Waals surface area contributed by atoms with Gasteiger partial charge in [0, 0.05) is 18.1 Å². The first-order chi connectivity index (χ1) is 12.3. The lowest BCUT2D eigenvalue weighted by Gasteiger charge is -2.30. The molecule has 2 fully saturated rings. The molecule has 1 heterocycles. The summed E-state index contributed by atoms with van der Waals surface area (Å²) in [5, 5.41) is 14.0. The maximum atomic E-state index is 13.4. The monoisotopic (exact) mass is 420 g/mol. The van der Waals surface area contributed by atoms with Gasteiger partial charge in [0.05, 0.1) is 12.4 Å². The highest BCUT2D eigenvalue weighted by Crippen LogP contribution is 2.33. The minimum atomic E-state index is -3.13. The maximum absolute atomic E-state index is 13.4. The number of rotatable bonds is 6. The Morgan fingerprint density at radius 3 is 2.56 bits per heavy atom. The van der Waals surface area contributed by atoms with Crippen molar-refractivity contribution in [3.63, 3.8) is 0 Å². The zero-order valence-corrected chi connectivity index (χ0v) is 17.2. The van der Waals surface area contributed by atoms with Gasteiger partial charge in [-0.1, -0.05) is 12.1 Å². The maximum Gasteiger partial charge on any atom is 0.208 e. The van der Waals surface area contributed by atoms with E-state index in [1.165, 1.54) is 18.4 Å². The molecule has 2 aliphatic rings. The minimum absolute atomic E-state index is 0. The summed E-state index contributed by atoms with van der Waals surface area (Å²) in [6, 6.07) is 6.58. The fourth-order valence-corrected chi connectivity index (χ4v) is 5.27. The Kier molecular flexibility index (Phi) is 8.06. The van der Waals surface area contributed by atoms with E-state index < -0.39 is 16.1 Å². The van der Waals surface area contributed by atoms with Crippen molar-refractivity contribution in [2.75, 3.05) is 6.26 Å². The molecule has 0 aromatic heterocycles. The number of benzene rings is 1. The Bertz CT molecular complexity index is 711. The topological polar surface area (TPSA) is 78.4 Å². The fourth-order valence-electron chi connectivity index (χ4n) is 4.43. The average molecular weight is 421 g/mol.